The fourth-order valence-corrected chi connectivity index (χ4v) is 3.66. The van der Waals surface area contributed by atoms with Crippen LogP contribution in [0.5, 0.6) is 0 Å². The topological polar surface area (TPSA) is 8.81 Å². The molecule has 0 fully saturated rings. The monoisotopic (exact) mass is 271 g/mol. The molecule has 2 aromatic heterocycles. The van der Waals surface area contributed by atoms with E-state index in [1.165, 1.54) is 38.6 Å². The maximum atomic E-state index is 2.37. The molecule has 2 nitrogen and oxygen atoms in total. The molecular formula is C19H15N2+. The van der Waals surface area contributed by atoms with Gasteiger partial charge in [-0.1, -0.05) is 18.2 Å². The van der Waals surface area contributed by atoms with Gasteiger partial charge in [0.1, 0.15) is 0 Å². The van der Waals surface area contributed by atoms with Crippen LogP contribution < -0.4 is 4.57 Å². The van der Waals surface area contributed by atoms with Gasteiger partial charge in [0.15, 0.2) is 12.7 Å². The van der Waals surface area contributed by atoms with Crippen molar-refractivity contribution in [3.05, 3.63) is 66.4 Å². The minimum atomic E-state index is 0.975. The summed E-state index contributed by atoms with van der Waals surface area (Å²) in [7, 11) is 2.16. The van der Waals surface area contributed by atoms with Crippen LogP contribution in [0.2, 0.25) is 0 Å². The van der Waals surface area contributed by atoms with E-state index >= 15 is 0 Å². The molecule has 3 heterocycles. The summed E-state index contributed by atoms with van der Waals surface area (Å²) >= 11 is 0. The van der Waals surface area contributed by atoms with E-state index in [4.69, 9.17) is 0 Å². The number of pyridine rings is 1. The fourth-order valence-electron chi connectivity index (χ4n) is 3.66. The number of benzene rings is 2. The Morgan fingerprint density at radius 3 is 2.71 bits per heavy atom. The van der Waals surface area contributed by atoms with Crippen LogP contribution in [0.3, 0.4) is 0 Å². The third-order valence-electron chi connectivity index (χ3n) is 4.70. The molecule has 0 atom stereocenters. The van der Waals surface area contributed by atoms with Crippen molar-refractivity contribution >= 4 is 21.8 Å². The summed E-state index contributed by atoms with van der Waals surface area (Å²) in [6, 6.07) is 19.8. The Balaban J connectivity index is 1.94. The highest BCUT2D eigenvalue weighted by Gasteiger charge is 2.26. The first-order valence-corrected chi connectivity index (χ1v) is 7.32. The molecule has 5 rings (SSSR count). The second-order valence-electron chi connectivity index (χ2n) is 5.82. The molecule has 1 aliphatic heterocycles. The SMILES string of the molecule is Cn1c2ccccc2c2cc3c(cc21)C[n+]1ccccc1-3. The largest absolute Gasteiger partial charge is 0.344 e. The molecule has 0 saturated heterocycles. The molecule has 0 saturated carbocycles. The van der Waals surface area contributed by atoms with Gasteiger partial charge >= 0.3 is 0 Å². The van der Waals surface area contributed by atoms with Crippen molar-refractivity contribution < 1.29 is 4.57 Å². The van der Waals surface area contributed by atoms with Gasteiger partial charge in [0.2, 0.25) is 5.69 Å². The first-order chi connectivity index (χ1) is 10.3. The summed E-state index contributed by atoms with van der Waals surface area (Å²) in [5.74, 6) is 0. The zero-order valence-electron chi connectivity index (χ0n) is 11.9. The van der Waals surface area contributed by atoms with Crippen LogP contribution in [0.1, 0.15) is 5.56 Å². The molecule has 0 spiro atoms. The number of rotatable bonds is 0. The number of aryl methyl sites for hydroxylation is 1. The van der Waals surface area contributed by atoms with E-state index in [9.17, 15) is 0 Å². The number of nitrogens with zero attached hydrogens (tertiary/aromatic N) is 2. The maximum absolute atomic E-state index is 2.37. The van der Waals surface area contributed by atoms with Gasteiger partial charge in [-0.2, -0.15) is 4.57 Å². The van der Waals surface area contributed by atoms with Gasteiger partial charge in [-0.3, -0.25) is 0 Å². The lowest BCUT2D eigenvalue weighted by Gasteiger charge is -1.99. The number of para-hydroxylation sites is 1. The Labute approximate surface area is 122 Å². The number of fused-ring (bicyclic) bond motifs is 6. The Hall–Kier alpha value is -2.61. The lowest BCUT2D eigenvalue weighted by molar-refractivity contribution is -0.672. The molecule has 2 heteroatoms. The Bertz CT molecular complexity index is 1020. The minimum absolute atomic E-state index is 0.975. The quantitative estimate of drug-likeness (QED) is 0.380. The lowest BCUT2D eigenvalue weighted by Crippen LogP contribution is -2.31. The molecule has 21 heavy (non-hydrogen) atoms. The summed E-state index contributed by atoms with van der Waals surface area (Å²) in [4.78, 5) is 0. The van der Waals surface area contributed by atoms with E-state index < -0.39 is 0 Å². The molecule has 0 aliphatic carbocycles. The van der Waals surface area contributed by atoms with Gasteiger partial charge in [-0.25, -0.2) is 0 Å². The Morgan fingerprint density at radius 2 is 1.76 bits per heavy atom. The maximum Gasteiger partial charge on any atom is 0.213 e. The molecule has 100 valence electrons. The normalized spacial score (nSPS) is 12.8. The van der Waals surface area contributed by atoms with Gasteiger partial charge in [0, 0.05) is 46.5 Å². The van der Waals surface area contributed by atoms with Crippen LogP contribution in [0.15, 0.2) is 60.8 Å². The first kappa shape index (κ1) is 11.1. The predicted octanol–water partition coefficient (Wildman–Crippen LogP) is 3.65. The molecule has 1 aliphatic rings. The van der Waals surface area contributed by atoms with E-state index in [2.05, 4.69) is 77.0 Å². The van der Waals surface area contributed by atoms with Crippen LogP contribution in [0.4, 0.5) is 0 Å². The van der Waals surface area contributed by atoms with Gasteiger partial charge in [0.05, 0.1) is 5.56 Å². The zero-order chi connectivity index (χ0) is 14.0. The fraction of sp³-hybridized carbons (Fsp3) is 0.105. The number of aromatic nitrogens is 2. The van der Waals surface area contributed by atoms with Gasteiger partial charge in [0.25, 0.3) is 0 Å². The Kier molecular flexibility index (Phi) is 1.97. The highest BCUT2D eigenvalue weighted by atomic mass is 15.0. The van der Waals surface area contributed by atoms with Gasteiger partial charge < -0.3 is 4.57 Å². The van der Waals surface area contributed by atoms with Crippen LogP contribution in [0, 0.1) is 0 Å². The number of hydrogen-bond donors (Lipinski definition) is 0. The van der Waals surface area contributed by atoms with Crippen LogP contribution in [-0.4, -0.2) is 4.57 Å². The van der Waals surface area contributed by atoms with E-state index in [-0.39, 0.29) is 0 Å². The average Bonchev–Trinajstić information content (AvgIpc) is 3.02. The molecule has 0 N–H and O–H groups in total. The molecule has 0 unspecified atom stereocenters. The van der Waals surface area contributed by atoms with Crippen LogP contribution in [-0.2, 0) is 13.6 Å². The van der Waals surface area contributed by atoms with Crippen molar-refractivity contribution in [3.8, 4) is 11.3 Å². The van der Waals surface area contributed by atoms with Crippen molar-refractivity contribution in [1.29, 1.82) is 0 Å². The van der Waals surface area contributed by atoms with Crippen molar-refractivity contribution in [3.63, 3.8) is 0 Å². The standard InChI is InChI=1S/C19H15N2/c1-20-17-7-3-2-6-14(17)16-11-15-13(10-19(16)20)12-21-9-5-4-8-18(15)21/h2-11H,12H2,1H3/q+1. The summed E-state index contributed by atoms with van der Waals surface area (Å²) in [5, 5.41) is 2.69. The third kappa shape index (κ3) is 1.34. The molecular weight excluding hydrogens is 256 g/mol. The molecule has 2 aromatic carbocycles. The summed E-state index contributed by atoms with van der Waals surface area (Å²) < 4.78 is 4.63. The number of hydrogen-bond acceptors (Lipinski definition) is 0. The van der Waals surface area contributed by atoms with Gasteiger partial charge in [-0.15, -0.1) is 0 Å². The van der Waals surface area contributed by atoms with Crippen molar-refractivity contribution in [2.24, 2.45) is 7.05 Å². The minimum Gasteiger partial charge on any atom is -0.344 e. The van der Waals surface area contributed by atoms with Crippen LogP contribution in [0.25, 0.3) is 33.1 Å². The second kappa shape index (κ2) is 3.73. The van der Waals surface area contributed by atoms with E-state index in [0.717, 1.165) is 6.54 Å². The zero-order valence-corrected chi connectivity index (χ0v) is 11.9. The molecule has 0 amide bonds. The average molecular weight is 271 g/mol. The molecule has 4 aromatic rings. The smallest absolute Gasteiger partial charge is 0.213 e. The van der Waals surface area contributed by atoms with Crippen LogP contribution >= 0.6 is 0 Å². The Morgan fingerprint density at radius 1 is 0.905 bits per heavy atom. The highest BCUT2D eigenvalue weighted by molar-refractivity contribution is 6.09. The van der Waals surface area contributed by atoms with Crippen molar-refractivity contribution in [2.75, 3.05) is 0 Å². The van der Waals surface area contributed by atoms with Gasteiger partial charge in [-0.05, 0) is 24.3 Å². The summed E-state index contributed by atoms with van der Waals surface area (Å²) in [6.07, 6.45) is 2.16. The lowest BCUT2D eigenvalue weighted by atomic mass is 10.0. The molecule has 0 bridgehead atoms. The first-order valence-electron chi connectivity index (χ1n) is 7.32. The van der Waals surface area contributed by atoms with E-state index in [1.807, 2.05) is 0 Å². The van der Waals surface area contributed by atoms with E-state index in [1.54, 1.807) is 0 Å². The van der Waals surface area contributed by atoms with E-state index in [0.29, 0.717) is 0 Å². The second-order valence-corrected chi connectivity index (χ2v) is 5.82. The summed E-state index contributed by atoms with van der Waals surface area (Å²) in [5.41, 5.74) is 6.74. The molecule has 0 radical (unpaired) electrons. The highest BCUT2D eigenvalue weighted by Crippen LogP contribution is 2.35. The third-order valence-corrected chi connectivity index (χ3v) is 4.70. The van der Waals surface area contributed by atoms with Crippen molar-refractivity contribution in [1.82, 2.24) is 4.57 Å². The van der Waals surface area contributed by atoms with Crippen molar-refractivity contribution in [2.45, 2.75) is 6.54 Å². The summed E-state index contributed by atoms with van der Waals surface area (Å²) in [6.45, 7) is 0.975. The predicted molar refractivity (Wildman–Crippen MR) is 85.2 cm³/mol.